The highest BCUT2D eigenvalue weighted by Crippen LogP contribution is 2.18. The van der Waals surface area contributed by atoms with E-state index in [2.05, 4.69) is 5.32 Å². The topological polar surface area (TPSA) is 107 Å². The molecule has 1 rings (SSSR count). The number of ether oxygens (including phenoxy) is 1. The van der Waals surface area contributed by atoms with E-state index in [1.165, 1.54) is 6.07 Å². The minimum atomic E-state index is -0.563. The Morgan fingerprint density at radius 2 is 1.95 bits per heavy atom. The lowest BCUT2D eigenvalue weighted by atomic mass is 10.2. The molecule has 0 aliphatic carbocycles. The first-order chi connectivity index (χ1) is 10.1. The fraction of sp³-hybridized carbons (Fsp3) is 0.500. The lowest BCUT2D eigenvalue weighted by Crippen LogP contribution is -2.25. The average Bonchev–Trinajstić information content (AvgIpc) is 2.49. The van der Waals surface area contributed by atoms with Crippen molar-refractivity contribution < 1.29 is 14.5 Å². The van der Waals surface area contributed by atoms with Crippen LogP contribution in [0.5, 0.6) is 0 Å². The van der Waals surface area contributed by atoms with Crippen molar-refractivity contribution in [1.29, 1.82) is 0 Å². The number of carbonyl (C=O) groups is 1. The van der Waals surface area contributed by atoms with Gasteiger partial charge in [-0.1, -0.05) is 25.0 Å². The maximum Gasteiger partial charge on any atom is 0.407 e. The van der Waals surface area contributed by atoms with Crippen molar-refractivity contribution in [3.8, 4) is 0 Å². The summed E-state index contributed by atoms with van der Waals surface area (Å²) in [5.41, 5.74) is 5.71. The van der Waals surface area contributed by atoms with Gasteiger partial charge in [-0.15, -0.1) is 0 Å². The molecule has 0 saturated carbocycles. The minimum Gasteiger partial charge on any atom is -0.444 e. The van der Waals surface area contributed by atoms with Crippen molar-refractivity contribution in [2.75, 3.05) is 13.1 Å². The van der Waals surface area contributed by atoms with Crippen LogP contribution in [-0.2, 0) is 11.3 Å². The van der Waals surface area contributed by atoms with Crippen molar-refractivity contribution >= 4 is 11.8 Å². The molecule has 0 heterocycles. The second kappa shape index (κ2) is 9.71. The molecule has 0 aromatic heterocycles. The number of benzene rings is 1. The molecular formula is C14H21N3O4. The fourth-order valence-corrected chi connectivity index (χ4v) is 1.82. The summed E-state index contributed by atoms with van der Waals surface area (Å²) in [6, 6.07) is 6.19. The molecule has 0 aliphatic heterocycles. The molecule has 7 heteroatoms. The molecule has 116 valence electrons. The monoisotopic (exact) mass is 295 g/mol. The molecule has 1 aromatic rings. The van der Waals surface area contributed by atoms with Crippen molar-refractivity contribution in [2.45, 2.75) is 32.3 Å². The van der Waals surface area contributed by atoms with Crippen molar-refractivity contribution in [2.24, 2.45) is 5.73 Å². The van der Waals surface area contributed by atoms with Gasteiger partial charge < -0.3 is 15.8 Å². The number of hydrogen-bond acceptors (Lipinski definition) is 5. The Morgan fingerprint density at radius 3 is 2.67 bits per heavy atom. The summed E-state index contributed by atoms with van der Waals surface area (Å²) in [6.45, 7) is 1.10. The van der Waals surface area contributed by atoms with E-state index in [1.54, 1.807) is 18.2 Å². The number of nitrogens with one attached hydrogen (secondary N) is 1. The number of hydrogen-bond donors (Lipinski definition) is 2. The van der Waals surface area contributed by atoms with Gasteiger partial charge >= 0.3 is 6.09 Å². The van der Waals surface area contributed by atoms with Crippen LogP contribution in [0, 0.1) is 10.1 Å². The SMILES string of the molecule is NCCCCCCNC(=O)OCc1ccccc1[N+](=O)[O-]. The number of carbonyl (C=O) groups excluding carboxylic acids is 1. The Balaban J connectivity index is 2.26. The normalized spacial score (nSPS) is 10.1. The summed E-state index contributed by atoms with van der Waals surface area (Å²) in [4.78, 5) is 21.8. The molecule has 0 atom stereocenters. The molecule has 7 nitrogen and oxygen atoms in total. The number of rotatable bonds is 9. The van der Waals surface area contributed by atoms with Crippen LogP contribution in [0.15, 0.2) is 24.3 Å². The molecule has 0 bridgehead atoms. The zero-order valence-corrected chi connectivity index (χ0v) is 11.9. The number of alkyl carbamates (subject to hydrolysis) is 1. The third kappa shape index (κ3) is 6.71. The summed E-state index contributed by atoms with van der Waals surface area (Å²) in [5.74, 6) is 0. The highest BCUT2D eigenvalue weighted by atomic mass is 16.6. The van der Waals surface area contributed by atoms with Gasteiger partial charge in [0.25, 0.3) is 5.69 Å². The minimum absolute atomic E-state index is 0.0490. The predicted octanol–water partition coefficient (Wildman–Crippen LogP) is 2.34. The Bertz CT molecular complexity index is 465. The van der Waals surface area contributed by atoms with E-state index < -0.39 is 11.0 Å². The molecule has 0 fully saturated rings. The number of nitro groups is 1. The Labute approximate surface area is 123 Å². The van der Waals surface area contributed by atoms with E-state index in [0.29, 0.717) is 18.7 Å². The fourth-order valence-electron chi connectivity index (χ4n) is 1.82. The van der Waals surface area contributed by atoms with Crippen LogP contribution in [0.3, 0.4) is 0 Å². The van der Waals surface area contributed by atoms with E-state index in [0.717, 1.165) is 25.7 Å². The summed E-state index contributed by atoms with van der Waals surface area (Å²) in [7, 11) is 0. The molecule has 0 radical (unpaired) electrons. The van der Waals surface area contributed by atoms with Gasteiger partial charge in [0.05, 0.1) is 10.5 Å². The van der Waals surface area contributed by atoms with Gasteiger partial charge in [0.2, 0.25) is 0 Å². The first kappa shape index (κ1) is 16.9. The molecule has 3 N–H and O–H groups in total. The zero-order chi connectivity index (χ0) is 15.5. The van der Waals surface area contributed by atoms with E-state index in [1.807, 2.05) is 0 Å². The second-order valence-electron chi connectivity index (χ2n) is 4.59. The molecule has 0 spiro atoms. The molecule has 21 heavy (non-hydrogen) atoms. The number of amides is 1. The van der Waals surface area contributed by atoms with Gasteiger partial charge in [0.1, 0.15) is 6.61 Å². The van der Waals surface area contributed by atoms with Crippen molar-refractivity contribution in [1.82, 2.24) is 5.32 Å². The van der Waals surface area contributed by atoms with Crippen LogP contribution in [0.2, 0.25) is 0 Å². The number of nitro benzene ring substituents is 1. The summed E-state index contributed by atoms with van der Waals surface area (Å²) in [6.07, 6.45) is 3.33. The van der Waals surface area contributed by atoms with Crippen LogP contribution < -0.4 is 11.1 Å². The first-order valence-corrected chi connectivity index (χ1v) is 6.98. The van der Waals surface area contributed by atoms with Crippen LogP contribution >= 0.6 is 0 Å². The quantitative estimate of drug-likeness (QED) is 0.413. The van der Waals surface area contributed by atoms with Gasteiger partial charge in [-0.3, -0.25) is 10.1 Å². The lowest BCUT2D eigenvalue weighted by molar-refractivity contribution is -0.385. The van der Waals surface area contributed by atoms with E-state index in [4.69, 9.17) is 10.5 Å². The molecule has 0 saturated heterocycles. The number of nitrogens with zero attached hydrogens (tertiary/aromatic N) is 1. The molecule has 0 aliphatic rings. The van der Waals surface area contributed by atoms with Crippen molar-refractivity contribution in [3.05, 3.63) is 39.9 Å². The van der Waals surface area contributed by atoms with E-state index in [9.17, 15) is 14.9 Å². The van der Waals surface area contributed by atoms with Crippen LogP contribution in [0.1, 0.15) is 31.2 Å². The third-order valence-electron chi connectivity index (χ3n) is 2.95. The Kier molecular flexibility index (Phi) is 7.81. The predicted molar refractivity (Wildman–Crippen MR) is 78.8 cm³/mol. The molecular weight excluding hydrogens is 274 g/mol. The molecule has 1 amide bonds. The van der Waals surface area contributed by atoms with Gasteiger partial charge in [0, 0.05) is 12.6 Å². The summed E-state index contributed by atoms with van der Waals surface area (Å²) >= 11 is 0. The van der Waals surface area contributed by atoms with Crippen LogP contribution in [0.25, 0.3) is 0 Å². The summed E-state index contributed by atoms with van der Waals surface area (Å²) in [5, 5.41) is 13.4. The third-order valence-corrected chi connectivity index (χ3v) is 2.95. The largest absolute Gasteiger partial charge is 0.444 e. The van der Waals surface area contributed by atoms with Gasteiger partial charge in [0.15, 0.2) is 0 Å². The van der Waals surface area contributed by atoms with Gasteiger partial charge in [-0.05, 0) is 25.5 Å². The van der Waals surface area contributed by atoms with Gasteiger partial charge in [-0.2, -0.15) is 0 Å². The zero-order valence-electron chi connectivity index (χ0n) is 11.9. The van der Waals surface area contributed by atoms with Crippen molar-refractivity contribution in [3.63, 3.8) is 0 Å². The molecule has 0 unspecified atom stereocenters. The first-order valence-electron chi connectivity index (χ1n) is 6.98. The van der Waals surface area contributed by atoms with Crippen LogP contribution in [0.4, 0.5) is 10.5 Å². The number of unbranched alkanes of at least 4 members (excludes halogenated alkanes) is 3. The van der Waals surface area contributed by atoms with Crippen LogP contribution in [-0.4, -0.2) is 24.1 Å². The summed E-state index contributed by atoms with van der Waals surface area (Å²) < 4.78 is 4.97. The average molecular weight is 295 g/mol. The Morgan fingerprint density at radius 1 is 1.24 bits per heavy atom. The lowest BCUT2D eigenvalue weighted by Gasteiger charge is -2.07. The number of nitrogens with two attached hydrogens (primary N) is 1. The Hall–Kier alpha value is -2.15. The smallest absolute Gasteiger partial charge is 0.407 e. The maximum absolute atomic E-state index is 11.5. The van der Waals surface area contributed by atoms with Gasteiger partial charge in [-0.25, -0.2) is 4.79 Å². The van der Waals surface area contributed by atoms with E-state index >= 15 is 0 Å². The maximum atomic E-state index is 11.5. The standard InChI is InChI=1S/C14H21N3O4/c15-9-5-1-2-6-10-16-14(18)21-11-12-7-3-4-8-13(12)17(19)20/h3-4,7-8H,1-2,5-6,9-11,15H2,(H,16,18). The second-order valence-corrected chi connectivity index (χ2v) is 4.59. The highest BCUT2D eigenvalue weighted by Gasteiger charge is 2.13. The molecule has 1 aromatic carbocycles. The number of para-hydroxylation sites is 1. The van der Waals surface area contributed by atoms with E-state index in [-0.39, 0.29) is 12.3 Å². The highest BCUT2D eigenvalue weighted by molar-refractivity contribution is 5.67.